The number of carboxylic acid groups (broad SMARTS) is 1. The Labute approximate surface area is 101 Å². The van der Waals surface area contributed by atoms with E-state index in [1.807, 2.05) is 0 Å². The molecule has 1 aliphatic rings. The minimum absolute atomic E-state index is 0.0669. The molecule has 0 aliphatic heterocycles. The molecular weight excluding hydrogens is 246 g/mol. The molecule has 1 rings (SSSR count). The van der Waals surface area contributed by atoms with Crippen molar-refractivity contribution in [2.24, 2.45) is 5.41 Å². The van der Waals surface area contributed by atoms with Crippen molar-refractivity contribution in [1.82, 2.24) is 4.72 Å². The summed E-state index contributed by atoms with van der Waals surface area (Å²) in [6.45, 7) is 0.0572. The van der Waals surface area contributed by atoms with Crippen LogP contribution in [0.4, 0.5) is 0 Å². The van der Waals surface area contributed by atoms with Gasteiger partial charge in [0.2, 0.25) is 10.0 Å². The van der Waals surface area contributed by atoms with E-state index in [4.69, 9.17) is 5.11 Å². The van der Waals surface area contributed by atoms with E-state index in [1.165, 1.54) is 0 Å². The van der Waals surface area contributed by atoms with E-state index in [9.17, 15) is 18.3 Å². The van der Waals surface area contributed by atoms with Gasteiger partial charge in [-0.2, -0.15) is 0 Å². The molecule has 6 nitrogen and oxygen atoms in total. The maximum Gasteiger partial charge on any atom is 0.320 e. The Kier molecular flexibility index (Phi) is 4.91. The normalized spacial score (nSPS) is 20.1. The Morgan fingerprint density at radius 1 is 1.24 bits per heavy atom. The van der Waals surface area contributed by atoms with Crippen LogP contribution < -0.4 is 4.72 Å². The van der Waals surface area contributed by atoms with E-state index in [0.29, 0.717) is 0 Å². The Hall–Kier alpha value is -0.660. The molecule has 1 aliphatic carbocycles. The molecule has 0 unspecified atom stereocenters. The Bertz CT molecular complexity index is 359. The van der Waals surface area contributed by atoms with Gasteiger partial charge in [-0.1, -0.05) is 19.3 Å². The fourth-order valence-electron chi connectivity index (χ4n) is 2.17. The topological polar surface area (TPSA) is 104 Å². The Morgan fingerprint density at radius 3 is 2.29 bits per heavy atom. The van der Waals surface area contributed by atoms with Crippen molar-refractivity contribution in [3.63, 3.8) is 0 Å². The van der Waals surface area contributed by atoms with Crippen LogP contribution in [-0.2, 0) is 14.8 Å². The first-order valence-electron chi connectivity index (χ1n) is 5.69. The van der Waals surface area contributed by atoms with Gasteiger partial charge in [0.1, 0.15) is 0 Å². The standard InChI is InChI=1S/C10H19NO5S/c12-8-10(4-2-1-3-5-10)7-11-17(15,16)6-9(13)14/h11-12H,1-8H2,(H,13,14). The first-order chi connectivity index (χ1) is 7.89. The number of carbonyl (C=O) groups is 1. The molecule has 3 N–H and O–H groups in total. The van der Waals surface area contributed by atoms with Crippen LogP contribution >= 0.6 is 0 Å². The summed E-state index contributed by atoms with van der Waals surface area (Å²) in [4.78, 5) is 10.3. The molecule has 0 spiro atoms. The molecule has 0 heterocycles. The van der Waals surface area contributed by atoms with Crippen LogP contribution in [0, 0.1) is 5.41 Å². The molecule has 0 aromatic heterocycles. The number of carboxylic acids is 1. The van der Waals surface area contributed by atoms with Crippen molar-refractivity contribution in [2.75, 3.05) is 18.9 Å². The first-order valence-corrected chi connectivity index (χ1v) is 7.34. The van der Waals surface area contributed by atoms with Crippen LogP contribution in [0.25, 0.3) is 0 Å². The number of aliphatic hydroxyl groups excluding tert-OH is 1. The summed E-state index contributed by atoms with van der Waals surface area (Å²) in [7, 11) is -3.79. The van der Waals surface area contributed by atoms with Crippen molar-refractivity contribution in [1.29, 1.82) is 0 Å². The number of aliphatic hydroxyl groups is 1. The van der Waals surface area contributed by atoms with E-state index in [-0.39, 0.29) is 13.2 Å². The Balaban J connectivity index is 2.55. The highest BCUT2D eigenvalue weighted by Gasteiger charge is 2.32. The van der Waals surface area contributed by atoms with Crippen LogP contribution in [-0.4, -0.2) is 43.5 Å². The summed E-state index contributed by atoms with van der Waals surface area (Å²) < 4.78 is 25.0. The fourth-order valence-corrected chi connectivity index (χ4v) is 3.12. The molecule has 7 heteroatoms. The molecule has 0 amide bonds. The molecule has 0 aromatic carbocycles. The average Bonchev–Trinajstić information content (AvgIpc) is 2.26. The van der Waals surface area contributed by atoms with Crippen LogP contribution in [0.3, 0.4) is 0 Å². The minimum atomic E-state index is -3.79. The summed E-state index contributed by atoms with van der Waals surface area (Å²) in [5.41, 5.74) is -0.413. The monoisotopic (exact) mass is 265 g/mol. The van der Waals surface area contributed by atoms with Gasteiger partial charge in [-0.05, 0) is 12.8 Å². The number of aliphatic carboxylic acids is 1. The molecule has 0 saturated heterocycles. The lowest BCUT2D eigenvalue weighted by Crippen LogP contribution is -2.42. The third-order valence-electron chi connectivity index (χ3n) is 3.23. The second-order valence-electron chi connectivity index (χ2n) is 4.69. The van der Waals surface area contributed by atoms with Crippen molar-refractivity contribution in [2.45, 2.75) is 32.1 Å². The second kappa shape index (κ2) is 5.79. The summed E-state index contributed by atoms with van der Waals surface area (Å²) in [5.74, 6) is -2.30. The zero-order valence-electron chi connectivity index (χ0n) is 9.68. The predicted molar refractivity (Wildman–Crippen MR) is 62.0 cm³/mol. The molecule has 0 atom stereocenters. The highest BCUT2D eigenvalue weighted by Crippen LogP contribution is 2.35. The highest BCUT2D eigenvalue weighted by atomic mass is 32.2. The highest BCUT2D eigenvalue weighted by molar-refractivity contribution is 7.90. The van der Waals surface area contributed by atoms with Gasteiger partial charge in [-0.3, -0.25) is 4.79 Å². The molecule has 0 aromatic rings. The van der Waals surface area contributed by atoms with E-state index in [2.05, 4.69) is 4.72 Å². The van der Waals surface area contributed by atoms with Gasteiger partial charge >= 0.3 is 5.97 Å². The zero-order chi connectivity index (χ0) is 12.9. The van der Waals surface area contributed by atoms with Crippen molar-refractivity contribution < 1.29 is 23.4 Å². The van der Waals surface area contributed by atoms with Crippen molar-refractivity contribution >= 4 is 16.0 Å². The SMILES string of the molecule is O=C(O)CS(=O)(=O)NCC1(CO)CCCCC1. The summed E-state index contributed by atoms with van der Waals surface area (Å²) in [5, 5.41) is 17.8. The van der Waals surface area contributed by atoms with E-state index >= 15 is 0 Å². The summed E-state index contributed by atoms with van der Waals surface area (Å²) in [6, 6.07) is 0. The van der Waals surface area contributed by atoms with Gasteiger partial charge in [0.15, 0.2) is 5.75 Å². The maximum absolute atomic E-state index is 11.4. The number of sulfonamides is 1. The molecule has 100 valence electrons. The minimum Gasteiger partial charge on any atom is -0.480 e. The number of hydrogen-bond donors (Lipinski definition) is 3. The first kappa shape index (κ1) is 14.4. The second-order valence-corrected chi connectivity index (χ2v) is 6.50. The summed E-state index contributed by atoms with van der Waals surface area (Å²) >= 11 is 0. The van der Waals surface area contributed by atoms with Gasteiger partial charge < -0.3 is 10.2 Å². The average molecular weight is 265 g/mol. The van der Waals surface area contributed by atoms with Crippen LogP contribution in [0.15, 0.2) is 0 Å². The lowest BCUT2D eigenvalue weighted by molar-refractivity contribution is -0.134. The number of rotatable bonds is 6. The van der Waals surface area contributed by atoms with Gasteiger partial charge in [0.05, 0.1) is 0 Å². The predicted octanol–water partition coefficient (Wildman–Crippen LogP) is -0.0668. The van der Waals surface area contributed by atoms with Crippen LogP contribution in [0.1, 0.15) is 32.1 Å². The third kappa shape index (κ3) is 4.61. The Morgan fingerprint density at radius 2 is 1.82 bits per heavy atom. The van der Waals surface area contributed by atoms with E-state index in [0.717, 1.165) is 32.1 Å². The quantitative estimate of drug-likeness (QED) is 0.624. The van der Waals surface area contributed by atoms with Gasteiger partial charge in [0, 0.05) is 18.6 Å². The summed E-state index contributed by atoms with van der Waals surface area (Å²) in [6.07, 6.45) is 4.60. The number of nitrogens with one attached hydrogen (secondary N) is 1. The van der Waals surface area contributed by atoms with E-state index < -0.39 is 27.2 Å². The molecule has 1 fully saturated rings. The van der Waals surface area contributed by atoms with Crippen molar-refractivity contribution in [3.05, 3.63) is 0 Å². The molecular formula is C10H19NO5S. The maximum atomic E-state index is 11.4. The lowest BCUT2D eigenvalue weighted by atomic mass is 9.75. The van der Waals surface area contributed by atoms with Gasteiger partial charge in [-0.15, -0.1) is 0 Å². The fraction of sp³-hybridized carbons (Fsp3) is 0.900. The largest absolute Gasteiger partial charge is 0.480 e. The molecule has 0 radical (unpaired) electrons. The zero-order valence-corrected chi connectivity index (χ0v) is 10.5. The van der Waals surface area contributed by atoms with Gasteiger partial charge in [-0.25, -0.2) is 13.1 Å². The van der Waals surface area contributed by atoms with E-state index in [1.54, 1.807) is 0 Å². The molecule has 17 heavy (non-hydrogen) atoms. The van der Waals surface area contributed by atoms with Gasteiger partial charge in [0.25, 0.3) is 0 Å². The molecule has 0 bridgehead atoms. The van der Waals surface area contributed by atoms with Crippen molar-refractivity contribution in [3.8, 4) is 0 Å². The van der Waals surface area contributed by atoms with Crippen LogP contribution in [0.2, 0.25) is 0 Å². The van der Waals surface area contributed by atoms with Crippen LogP contribution in [0.5, 0.6) is 0 Å². The lowest BCUT2D eigenvalue weighted by Gasteiger charge is -2.35. The third-order valence-corrected chi connectivity index (χ3v) is 4.44. The smallest absolute Gasteiger partial charge is 0.320 e. The number of hydrogen-bond acceptors (Lipinski definition) is 4. The molecule has 1 saturated carbocycles.